The first kappa shape index (κ1) is 33.2. The Morgan fingerprint density at radius 3 is 1.19 bits per heavy atom. The van der Waals surface area contributed by atoms with E-state index in [-0.39, 0.29) is 6.71 Å². The van der Waals surface area contributed by atoms with Gasteiger partial charge in [0.1, 0.15) is 5.75 Å². The summed E-state index contributed by atoms with van der Waals surface area (Å²) in [7, 11) is 0. The highest BCUT2D eigenvalue weighted by molar-refractivity contribution is 6.96. The summed E-state index contributed by atoms with van der Waals surface area (Å²) >= 11 is 0. The first-order valence-corrected chi connectivity index (χ1v) is 19.8. The smallest absolute Gasteiger partial charge is 0.242 e. The molecule has 9 aromatic rings. The zero-order valence-electron chi connectivity index (χ0n) is 31.3. The number of rotatable bonds is 6. The molecule has 11 rings (SSSR count). The zero-order chi connectivity index (χ0) is 37.8. The van der Waals surface area contributed by atoms with E-state index in [4.69, 9.17) is 4.74 Å². The molecule has 266 valence electrons. The maximum atomic E-state index is 7.37. The van der Waals surface area contributed by atoms with Crippen LogP contribution in [0.2, 0.25) is 0 Å². The first-order valence-electron chi connectivity index (χ1n) is 19.8. The van der Waals surface area contributed by atoms with Crippen molar-refractivity contribution in [3.8, 4) is 61.4 Å². The molecule has 0 fully saturated rings. The van der Waals surface area contributed by atoms with Crippen molar-refractivity contribution in [1.29, 1.82) is 0 Å². The van der Waals surface area contributed by atoms with Crippen LogP contribution in [-0.4, -0.2) is 6.71 Å². The standard InChI is InChI=1S/C55H37BO/c1-3-14-38(15-4-1)40-26-28-41(29-27-40)43-32-36-45(37-33-43)56(44-34-30-42(31-35-44)39-16-5-2-6-17-39)52-24-13-23-51-54(52)48-20-9-12-25-53(48)57-55(51)49-21-10-7-18-46(49)47-19-8-11-22-50(47)55/h1-37H. The van der Waals surface area contributed by atoms with Gasteiger partial charge >= 0.3 is 0 Å². The molecule has 9 aromatic carbocycles. The molecule has 2 aliphatic rings. The van der Waals surface area contributed by atoms with E-state index < -0.39 is 5.60 Å². The first-order chi connectivity index (χ1) is 28.3. The molecular formula is C55H37BO. The van der Waals surface area contributed by atoms with E-state index >= 15 is 0 Å². The third-order valence-electron chi connectivity index (χ3n) is 12.0. The molecule has 0 bridgehead atoms. The lowest BCUT2D eigenvalue weighted by atomic mass is 9.35. The minimum absolute atomic E-state index is 0.0469. The molecule has 0 N–H and O–H groups in total. The van der Waals surface area contributed by atoms with Gasteiger partial charge in [-0.05, 0) is 56.1 Å². The highest BCUT2D eigenvalue weighted by atomic mass is 16.5. The third-order valence-corrected chi connectivity index (χ3v) is 12.0. The highest BCUT2D eigenvalue weighted by Gasteiger charge is 2.51. The Labute approximate surface area is 334 Å². The van der Waals surface area contributed by atoms with E-state index in [9.17, 15) is 0 Å². The molecule has 1 spiro atoms. The van der Waals surface area contributed by atoms with Gasteiger partial charge in [0.2, 0.25) is 6.71 Å². The van der Waals surface area contributed by atoms with Gasteiger partial charge in [0.25, 0.3) is 0 Å². The number of para-hydroxylation sites is 1. The minimum atomic E-state index is -0.787. The van der Waals surface area contributed by atoms with Crippen LogP contribution in [0.1, 0.15) is 16.7 Å². The van der Waals surface area contributed by atoms with E-state index in [2.05, 4.69) is 224 Å². The van der Waals surface area contributed by atoms with Gasteiger partial charge in [-0.1, -0.05) is 235 Å². The van der Waals surface area contributed by atoms with Gasteiger partial charge < -0.3 is 4.74 Å². The second-order valence-corrected chi connectivity index (χ2v) is 15.1. The Morgan fingerprint density at radius 1 is 0.298 bits per heavy atom. The molecule has 1 aliphatic heterocycles. The minimum Gasteiger partial charge on any atom is -0.472 e. The molecule has 1 heterocycles. The van der Waals surface area contributed by atoms with Crippen molar-refractivity contribution in [3.63, 3.8) is 0 Å². The topological polar surface area (TPSA) is 9.23 Å². The monoisotopic (exact) mass is 724 g/mol. The number of ether oxygens (including phenoxy) is 1. The van der Waals surface area contributed by atoms with Crippen LogP contribution in [0.5, 0.6) is 5.75 Å². The summed E-state index contributed by atoms with van der Waals surface area (Å²) < 4.78 is 7.37. The highest BCUT2D eigenvalue weighted by Crippen LogP contribution is 2.58. The molecule has 2 heteroatoms. The third kappa shape index (κ3) is 5.40. The molecule has 57 heavy (non-hydrogen) atoms. The van der Waals surface area contributed by atoms with Crippen LogP contribution < -0.4 is 21.1 Å². The molecule has 1 nitrogen and oxygen atoms in total. The van der Waals surface area contributed by atoms with Gasteiger partial charge in [0.05, 0.1) is 0 Å². The van der Waals surface area contributed by atoms with Gasteiger partial charge in [0, 0.05) is 22.3 Å². The Morgan fingerprint density at radius 2 is 0.684 bits per heavy atom. The van der Waals surface area contributed by atoms with Crippen LogP contribution in [0.3, 0.4) is 0 Å². The number of fused-ring (bicyclic) bond motifs is 9. The Kier molecular flexibility index (Phi) is 7.89. The van der Waals surface area contributed by atoms with Crippen LogP contribution in [0.15, 0.2) is 224 Å². The van der Waals surface area contributed by atoms with E-state index in [1.807, 2.05) is 0 Å². The molecular weight excluding hydrogens is 687 g/mol. The van der Waals surface area contributed by atoms with Crippen LogP contribution in [0.4, 0.5) is 0 Å². The van der Waals surface area contributed by atoms with E-state index in [0.717, 1.165) is 11.3 Å². The predicted molar refractivity (Wildman–Crippen MR) is 238 cm³/mol. The fourth-order valence-electron chi connectivity index (χ4n) is 9.39. The van der Waals surface area contributed by atoms with Crippen LogP contribution >= 0.6 is 0 Å². The maximum absolute atomic E-state index is 7.37. The Balaban J connectivity index is 1.10. The predicted octanol–water partition coefficient (Wildman–Crippen LogP) is 11.5. The zero-order valence-corrected chi connectivity index (χ0v) is 31.3. The van der Waals surface area contributed by atoms with Crippen molar-refractivity contribution in [1.82, 2.24) is 0 Å². The molecule has 1 aliphatic carbocycles. The van der Waals surface area contributed by atoms with Gasteiger partial charge in [-0.3, -0.25) is 0 Å². The fourth-order valence-corrected chi connectivity index (χ4v) is 9.39. The summed E-state index contributed by atoms with van der Waals surface area (Å²) in [5, 5.41) is 0. The molecule has 0 unspecified atom stereocenters. The lowest BCUT2D eigenvalue weighted by Crippen LogP contribution is -2.53. The summed E-state index contributed by atoms with van der Waals surface area (Å²) in [6.07, 6.45) is 0. The SMILES string of the molecule is c1ccc(-c2ccc(B(c3ccc(-c4ccc(-c5ccccc5)cc4)cc3)c3cccc4c3-c3ccccc3OC43c4ccccc4-c4ccccc43)cc2)cc1. The lowest BCUT2D eigenvalue weighted by Gasteiger charge is -2.40. The van der Waals surface area contributed by atoms with Crippen LogP contribution in [0, 0.1) is 0 Å². The van der Waals surface area contributed by atoms with Gasteiger partial charge in [-0.15, -0.1) is 0 Å². The van der Waals surface area contributed by atoms with Crippen molar-refractivity contribution < 1.29 is 4.74 Å². The normalized spacial score (nSPS) is 12.8. The van der Waals surface area contributed by atoms with Crippen molar-refractivity contribution in [2.75, 3.05) is 0 Å². The van der Waals surface area contributed by atoms with Crippen LogP contribution in [-0.2, 0) is 5.60 Å². The second-order valence-electron chi connectivity index (χ2n) is 15.1. The van der Waals surface area contributed by atoms with Gasteiger partial charge in [-0.25, -0.2) is 0 Å². The fraction of sp³-hybridized carbons (Fsp3) is 0.0182. The molecule has 0 radical (unpaired) electrons. The average molecular weight is 725 g/mol. The average Bonchev–Trinajstić information content (AvgIpc) is 3.57. The van der Waals surface area contributed by atoms with Crippen molar-refractivity contribution in [2.45, 2.75) is 5.60 Å². The van der Waals surface area contributed by atoms with E-state index in [1.54, 1.807) is 0 Å². The maximum Gasteiger partial charge on any atom is 0.242 e. The van der Waals surface area contributed by atoms with E-state index in [1.165, 1.54) is 83.1 Å². The van der Waals surface area contributed by atoms with E-state index in [0.29, 0.717) is 0 Å². The Bertz CT molecular complexity index is 2850. The molecule has 0 amide bonds. The quantitative estimate of drug-likeness (QED) is 0.155. The largest absolute Gasteiger partial charge is 0.472 e. The molecule has 0 atom stereocenters. The summed E-state index contributed by atoms with van der Waals surface area (Å²) in [6.45, 7) is -0.0469. The van der Waals surface area contributed by atoms with Gasteiger partial charge in [0.15, 0.2) is 5.60 Å². The van der Waals surface area contributed by atoms with Crippen LogP contribution in [0.25, 0.3) is 55.6 Å². The molecule has 0 saturated heterocycles. The van der Waals surface area contributed by atoms with Gasteiger partial charge in [-0.2, -0.15) is 0 Å². The number of hydrogen-bond donors (Lipinski definition) is 0. The summed E-state index contributed by atoms with van der Waals surface area (Å²) in [4.78, 5) is 0. The van der Waals surface area contributed by atoms with Crippen molar-refractivity contribution in [2.24, 2.45) is 0 Å². The second kappa shape index (κ2) is 13.5. The number of benzene rings is 9. The van der Waals surface area contributed by atoms with Crippen molar-refractivity contribution >= 4 is 23.1 Å². The summed E-state index contributed by atoms with van der Waals surface area (Å²) in [5.41, 5.74) is 18.6. The van der Waals surface area contributed by atoms with Crippen molar-refractivity contribution in [3.05, 3.63) is 241 Å². The molecule has 0 saturated carbocycles. The number of hydrogen-bond acceptors (Lipinski definition) is 1. The summed E-state index contributed by atoms with van der Waals surface area (Å²) in [5.74, 6) is 0.899. The summed E-state index contributed by atoms with van der Waals surface area (Å²) in [6, 6.07) is 81.6. The Hall–Kier alpha value is -7.16. The molecule has 0 aromatic heterocycles. The lowest BCUT2D eigenvalue weighted by molar-refractivity contribution is 0.157.